The Kier molecular flexibility index (Phi) is 4.62. The van der Waals surface area contributed by atoms with E-state index in [4.69, 9.17) is 0 Å². The van der Waals surface area contributed by atoms with Gasteiger partial charge >= 0.3 is 0 Å². The summed E-state index contributed by atoms with van der Waals surface area (Å²) in [5, 5.41) is 3.28. The number of rotatable bonds is 4. The standard InChI is InChI=1S/C14H27N3O/c1-3-14(2)5-9-16(12-14)8-4-13(18)17-10-6-15-7-11-17/h15H,3-12H2,1-2H3. The summed E-state index contributed by atoms with van der Waals surface area (Å²) in [6, 6.07) is 0. The van der Waals surface area contributed by atoms with Gasteiger partial charge in [0, 0.05) is 45.7 Å². The van der Waals surface area contributed by atoms with Gasteiger partial charge in [-0.2, -0.15) is 0 Å². The molecule has 0 saturated carbocycles. The van der Waals surface area contributed by atoms with E-state index in [1.807, 2.05) is 4.90 Å². The molecule has 18 heavy (non-hydrogen) atoms. The maximum absolute atomic E-state index is 12.1. The van der Waals surface area contributed by atoms with Crippen LogP contribution in [0.3, 0.4) is 0 Å². The molecule has 0 aromatic carbocycles. The Morgan fingerprint density at radius 3 is 2.61 bits per heavy atom. The average molecular weight is 253 g/mol. The molecule has 2 aliphatic rings. The molecule has 2 rings (SSSR count). The molecule has 1 unspecified atom stereocenters. The number of carbonyl (C=O) groups excluding carboxylic acids is 1. The van der Waals surface area contributed by atoms with Crippen LogP contribution >= 0.6 is 0 Å². The average Bonchev–Trinajstić information content (AvgIpc) is 2.80. The van der Waals surface area contributed by atoms with Gasteiger partial charge < -0.3 is 15.1 Å². The Morgan fingerprint density at radius 1 is 1.28 bits per heavy atom. The zero-order chi connectivity index (χ0) is 13.0. The van der Waals surface area contributed by atoms with Crippen molar-refractivity contribution >= 4 is 5.91 Å². The van der Waals surface area contributed by atoms with E-state index in [1.54, 1.807) is 0 Å². The van der Waals surface area contributed by atoms with Crippen molar-refractivity contribution in [3.8, 4) is 0 Å². The smallest absolute Gasteiger partial charge is 0.223 e. The number of nitrogens with one attached hydrogen (secondary N) is 1. The molecule has 1 amide bonds. The van der Waals surface area contributed by atoms with Crippen LogP contribution in [0.15, 0.2) is 0 Å². The van der Waals surface area contributed by atoms with Gasteiger partial charge in [0.1, 0.15) is 0 Å². The number of hydrogen-bond acceptors (Lipinski definition) is 3. The summed E-state index contributed by atoms with van der Waals surface area (Å²) in [6.07, 6.45) is 3.22. The zero-order valence-electron chi connectivity index (χ0n) is 11.9. The number of carbonyl (C=O) groups is 1. The molecule has 2 saturated heterocycles. The largest absolute Gasteiger partial charge is 0.340 e. The minimum atomic E-state index is 0.335. The second kappa shape index (κ2) is 6.02. The zero-order valence-corrected chi connectivity index (χ0v) is 11.9. The Bertz CT molecular complexity index is 289. The summed E-state index contributed by atoms with van der Waals surface area (Å²) in [4.78, 5) is 16.5. The molecule has 4 nitrogen and oxygen atoms in total. The van der Waals surface area contributed by atoms with Crippen LogP contribution in [0.1, 0.15) is 33.1 Å². The van der Waals surface area contributed by atoms with Gasteiger partial charge in [0.15, 0.2) is 0 Å². The van der Waals surface area contributed by atoms with Crippen molar-refractivity contribution in [1.29, 1.82) is 0 Å². The lowest BCUT2D eigenvalue weighted by molar-refractivity contribution is -0.132. The van der Waals surface area contributed by atoms with Crippen LogP contribution in [-0.2, 0) is 4.79 Å². The molecule has 2 heterocycles. The van der Waals surface area contributed by atoms with Gasteiger partial charge in [0.05, 0.1) is 0 Å². The van der Waals surface area contributed by atoms with Crippen molar-refractivity contribution in [1.82, 2.24) is 15.1 Å². The predicted octanol–water partition coefficient (Wildman–Crippen LogP) is 0.930. The summed E-state index contributed by atoms with van der Waals surface area (Å²) in [5.41, 5.74) is 0.484. The summed E-state index contributed by atoms with van der Waals surface area (Å²) < 4.78 is 0. The number of nitrogens with zero attached hydrogens (tertiary/aromatic N) is 2. The van der Waals surface area contributed by atoms with Crippen LogP contribution in [0.5, 0.6) is 0 Å². The lowest BCUT2D eigenvalue weighted by atomic mass is 9.87. The first kappa shape index (κ1) is 13.8. The van der Waals surface area contributed by atoms with Crippen LogP contribution in [0.4, 0.5) is 0 Å². The Balaban J connectivity index is 1.70. The van der Waals surface area contributed by atoms with Gasteiger partial charge in [-0.25, -0.2) is 0 Å². The van der Waals surface area contributed by atoms with E-state index in [0.29, 0.717) is 17.7 Å². The molecular weight excluding hydrogens is 226 g/mol. The van der Waals surface area contributed by atoms with Crippen molar-refractivity contribution in [3.05, 3.63) is 0 Å². The molecule has 0 bridgehead atoms. The molecule has 104 valence electrons. The van der Waals surface area contributed by atoms with Gasteiger partial charge in [-0.15, -0.1) is 0 Å². The Labute approximate surface area is 111 Å². The third-order valence-corrected chi connectivity index (χ3v) is 4.60. The first-order valence-electron chi connectivity index (χ1n) is 7.34. The second-order valence-corrected chi connectivity index (χ2v) is 6.07. The number of likely N-dealkylation sites (tertiary alicyclic amines) is 1. The van der Waals surface area contributed by atoms with E-state index in [2.05, 4.69) is 24.1 Å². The first-order valence-corrected chi connectivity index (χ1v) is 7.34. The normalized spacial score (nSPS) is 29.8. The Morgan fingerprint density at radius 2 is 2.00 bits per heavy atom. The van der Waals surface area contributed by atoms with E-state index in [9.17, 15) is 4.79 Å². The molecule has 2 fully saturated rings. The Hall–Kier alpha value is -0.610. The van der Waals surface area contributed by atoms with Gasteiger partial charge in [0.2, 0.25) is 5.91 Å². The second-order valence-electron chi connectivity index (χ2n) is 6.07. The van der Waals surface area contributed by atoms with Crippen LogP contribution < -0.4 is 5.32 Å². The highest BCUT2D eigenvalue weighted by molar-refractivity contribution is 5.76. The third-order valence-electron chi connectivity index (χ3n) is 4.60. The van der Waals surface area contributed by atoms with Crippen molar-refractivity contribution in [2.75, 3.05) is 45.8 Å². The summed E-state index contributed by atoms with van der Waals surface area (Å²) in [7, 11) is 0. The van der Waals surface area contributed by atoms with E-state index in [1.165, 1.54) is 25.9 Å². The van der Waals surface area contributed by atoms with Crippen LogP contribution in [0.2, 0.25) is 0 Å². The number of hydrogen-bond donors (Lipinski definition) is 1. The highest BCUT2D eigenvalue weighted by atomic mass is 16.2. The topological polar surface area (TPSA) is 35.6 Å². The van der Waals surface area contributed by atoms with E-state index < -0.39 is 0 Å². The van der Waals surface area contributed by atoms with Crippen LogP contribution in [-0.4, -0.2) is 61.5 Å². The highest BCUT2D eigenvalue weighted by Crippen LogP contribution is 2.32. The monoisotopic (exact) mass is 253 g/mol. The fraction of sp³-hybridized carbons (Fsp3) is 0.929. The molecule has 0 radical (unpaired) electrons. The molecule has 0 spiro atoms. The molecule has 0 aliphatic carbocycles. The van der Waals surface area contributed by atoms with Crippen LogP contribution in [0, 0.1) is 5.41 Å². The van der Waals surface area contributed by atoms with E-state index >= 15 is 0 Å². The quantitative estimate of drug-likeness (QED) is 0.809. The van der Waals surface area contributed by atoms with Gasteiger partial charge in [-0.1, -0.05) is 13.8 Å². The minimum Gasteiger partial charge on any atom is -0.340 e. The maximum Gasteiger partial charge on any atom is 0.223 e. The molecule has 0 aromatic heterocycles. The molecule has 2 aliphatic heterocycles. The van der Waals surface area contributed by atoms with Crippen molar-refractivity contribution in [3.63, 3.8) is 0 Å². The van der Waals surface area contributed by atoms with Gasteiger partial charge in [-0.3, -0.25) is 4.79 Å². The molecule has 4 heteroatoms. The van der Waals surface area contributed by atoms with Crippen LogP contribution in [0.25, 0.3) is 0 Å². The summed E-state index contributed by atoms with van der Waals surface area (Å²) >= 11 is 0. The van der Waals surface area contributed by atoms with Crippen molar-refractivity contribution in [2.45, 2.75) is 33.1 Å². The lowest BCUT2D eigenvalue weighted by Gasteiger charge is -2.28. The molecular formula is C14H27N3O. The lowest BCUT2D eigenvalue weighted by Crippen LogP contribution is -2.47. The predicted molar refractivity (Wildman–Crippen MR) is 73.5 cm³/mol. The maximum atomic E-state index is 12.1. The number of piperazine rings is 1. The minimum absolute atomic E-state index is 0.335. The summed E-state index contributed by atoms with van der Waals surface area (Å²) in [5.74, 6) is 0.335. The molecule has 0 aromatic rings. The van der Waals surface area contributed by atoms with Crippen molar-refractivity contribution in [2.24, 2.45) is 5.41 Å². The number of amides is 1. The SMILES string of the molecule is CCC1(C)CCN(CCC(=O)N2CCNCC2)C1. The van der Waals surface area contributed by atoms with Gasteiger partial charge in [0.25, 0.3) is 0 Å². The van der Waals surface area contributed by atoms with E-state index in [-0.39, 0.29) is 0 Å². The first-order chi connectivity index (χ1) is 8.63. The van der Waals surface area contributed by atoms with E-state index in [0.717, 1.165) is 32.7 Å². The molecule has 1 N–H and O–H groups in total. The highest BCUT2D eigenvalue weighted by Gasteiger charge is 2.32. The fourth-order valence-corrected chi connectivity index (χ4v) is 2.93. The summed E-state index contributed by atoms with van der Waals surface area (Å²) in [6.45, 7) is 11.6. The fourth-order valence-electron chi connectivity index (χ4n) is 2.93. The van der Waals surface area contributed by atoms with Gasteiger partial charge in [-0.05, 0) is 24.8 Å². The van der Waals surface area contributed by atoms with Crippen molar-refractivity contribution < 1.29 is 4.79 Å². The third kappa shape index (κ3) is 3.45. The molecule has 1 atom stereocenters.